The third kappa shape index (κ3) is 5.53. The molecular weight excluding hydrogens is 378 g/mol. The summed E-state index contributed by atoms with van der Waals surface area (Å²) in [6, 6.07) is 9.74. The highest BCUT2D eigenvalue weighted by atomic mass is 35.5. The van der Waals surface area contributed by atoms with Gasteiger partial charge >= 0.3 is 0 Å². The van der Waals surface area contributed by atoms with Crippen molar-refractivity contribution < 1.29 is 0 Å². The second kappa shape index (κ2) is 8.85. The van der Waals surface area contributed by atoms with E-state index >= 15 is 0 Å². The Morgan fingerprint density at radius 3 is 2.63 bits per heavy atom. The van der Waals surface area contributed by atoms with E-state index in [-0.39, 0.29) is 0 Å². The van der Waals surface area contributed by atoms with E-state index in [9.17, 15) is 0 Å². The molecule has 3 rings (SSSR count). The van der Waals surface area contributed by atoms with E-state index in [0.717, 1.165) is 35.2 Å². The zero-order valence-corrected chi connectivity index (χ0v) is 17.6. The first kappa shape index (κ1) is 19.8. The van der Waals surface area contributed by atoms with Gasteiger partial charge in [0, 0.05) is 36.4 Å². The fourth-order valence-electron chi connectivity index (χ4n) is 3.58. The zero-order chi connectivity index (χ0) is 19.4. The molecule has 1 aliphatic heterocycles. The van der Waals surface area contributed by atoms with Crippen molar-refractivity contribution in [3.63, 3.8) is 0 Å². The van der Waals surface area contributed by atoms with Crippen molar-refractivity contribution in [3.05, 3.63) is 46.6 Å². The molecule has 0 saturated carbocycles. The van der Waals surface area contributed by atoms with Gasteiger partial charge in [-0.05, 0) is 49.0 Å². The lowest BCUT2D eigenvalue weighted by Gasteiger charge is -2.36. The molecular formula is C20H26ClN5S. The molecule has 0 aliphatic carbocycles. The van der Waals surface area contributed by atoms with Gasteiger partial charge in [0.05, 0.1) is 0 Å². The first-order valence-corrected chi connectivity index (χ1v) is 10.1. The van der Waals surface area contributed by atoms with Crippen LogP contribution in [0.25, 0.3) is 0 Å². The Labute approximate surface area is 171 Å². The Bertz CT molecular complexity index is 803. The first-order valence-electron chi connectivity index (χ1n) is 9.29. The molecule has 1 aliphatic rings. The largest absolute Gasteiger partial charge is 0.358 e. The molecule has 1 fully saturated rings. The first-order chi connectivity index (χ1) is 12.9. The summed E-state index contributed by atoms with van der Waals surface area (Å²) in [6.45, 7) is 9.16. The van der Waals surface area contributed by atoms with Gasteiger partial charge in [-0.25, -0.2) is 4.98 Å². The van der Waals surface area contributed by atoms with Gasteiger partial charge in [-0.15, -0.1) is 0 Å². The third-order valence-corrected chi connectivity index (χ3v) is 5.27. The van der Waals surface area contributed by atoms with Crippen LogP contribution in [-0.4, -0.2) is 28.2 Å². The van der Waals surface area contributed by atoms with E-state index in [2.05, 4.69) is 39.3 Å². The highest BCUT2D eigenvalue weighted by Crippen LogP contribution is 2.26. The Hall–Kier alpha value is -1.92. The van der Waals surface area contributed by atoms with E-state index in [0.29, 0.717) is 29.4 Å². The number of nitrogens with one attached hydrogen (secondary N) is 2. The summed E-state index contributed by atoms with van der Waals surface area (Å²) in [6.07, 6.45) is 1.27. The summed E-state index contributed by atoms with van der Waals surface area (Å²) in [7, 11) is 0. The molecule has 2 aromatic rings. The van der Waals surface area contributed by atoms with Gasteiger partial charge in [0.2, 0.25) is 5.95 Å². The maximum Gasteiger partial charge on any atom is 0.231 e. The molecule has 1 aromatic carbocycles. The standard InChI is InChI=1S/C20H26ClN5S/c1-13-8-14(2)12-26(11-13)18-9-15(3)23-19(24-18)25-20(27)22-10-16-6-4-5-7-17(16)21/h4-7,9,13-14H,8,10-12H2,1-3H3,(H2,22,23,24,25,27)/t13-,14+. The number of aryl methyl sites for hydroxylation is 1. The lowest BCUT2D eigenvalue weighted by Crippen LogP contribution is -2.39. The molecule has 0 unspecified atom stereocenters. The van der Waals surface area contributed by atoms with Gasteiger partial charge in [-0.3, -0.25) is 0 Å². The second-order valence-electron chi connectivity index (χ2n) is 7.44. The van der Waals surface area contributed by atoms with E-state index in [1.165, 1.54) is 6.42 Å². The number of thiocarbonyl (C=S) groups is 1. The lowest BCUT2D eigenvalue weighted by atomic mass is 9.92. The molecule has 5 nitrogen and oxygen atoms in total. The average molecular weight is 404 g/mol. The number of benzene rings is 1. The van der Waals surface area contributed by atoms with Crippen molar-refractivity contribution in [2.24, 2.45) is 11.8 Å². The van der Waals surface area contributed by atoms with Gasteiger partial charge in [-0.1, -0.05) is 43.6 Å². The number of hydrogen-bond donors (Lipinski definition) is 2. The molecule has 0 amide bonds. The van der Waals surface area contributed by atoms with Crippen molar-refractivity contribution in [2.45, 2.75) is 33.7 Å². The normalized spacial score (nSPS) is 19.6. The quantitative estimate of drug-likeness (QED) is 0.737. The summed E-state index contributed by atoms with van der Waals surface area (Å²) >= 11 is 11.6. The van der Waals surface area contributed by atoms with E-state index < -0.39 is 0 Å². The molecule has 144 valence electrons. The number of nitrogens with zero attached hydrogens (tertiary/aromatic N) is 3. The number of hydrogen-bond acceptors (Lipinski definition) is 4. The van der Waals surface area contributed by atoms with Crippen LogP contribution in [0.3, 0.4) is 0 Å². The zero-order valence-electron chi connectivity index (χ0n) is 16.0. The summed E-state index contributed by atoms with van der Waals surface area (Å²) in [5.41, 5.74) is 1.91. The average Bonchev–Trinajstić information content (AvgIpc) is 2.59. The predicted molar refractivity (Wildman–Crippen MR) is 116 cm³/mol. The lowest BCUT2D eigenvalue weighted by molar-refractivity contribution is 0.355. The van der Waals surface area contributed by atoms with Crippen LogP contribution in [0.15, 0.2) is 30.3 Å². The topological polar surface area (TPSA) is 53.1 Å². The minimum Gasteiger partial charge on any atom is -0.358 e. The van der Waals surface area contributed by atoms with Gasteiger partial charge < -0.3 is 15.5 Å². The minimum atomic E-state index is 0.479. The van der Waals surface area contributed by atoms with Crippen LogP contribution >= 0.6 is 23.8 Å². The van der Waals surface area contributed by atoms with Gasteiger partial charge in [0.1, 0.15) is 5.82 Å². The summed E-state index contributed by atoms with van der Waals surface area (Å²) in [5, 5.41) is 7.46. The van der Waals surface area contributed by atoms with E-state index in [4.69, 9.17) is 23.8 Å². The smallest absolute Gasteiger partial charge is 0.231 e. The van der Waals surface area contributed by atoms with Crippen molar-refractivity contribution in [1.29, 1.82) is 0 Å². The molecule has 1 aromatic heterocycles. The maximum atomic E-state index is 6.19. The second-order valence-corrected chi connectivity index (χ2v) is 8.26. The SMILES string of the molecule is Cc1cc(N2C[C@H](C)C[C@H](C)C2)nc(NC(=S)NCc2ccccc2Cl)n1. The van der Waals surface area contributed by atoms with Crippen molar-refractivity contribution in [1.82, 2.24) is 15.3 Å². The fourth-order valence-corrected chi connectivity index (χ4v) is 3.95. The summed E-state index contributed by atoms with van der Waals surface area (Å²) < 4.78 is 0. The highest BCUT2D eigenvalue weighted by Gasteiger charge is 2.23. The van der Waals surface area contributed by atoms with Crippen molar-refractivity contribution in [3.8, 4) is 0 Å². The van der Waals surface area contributed by atoms with Gasteiger partial charge in [0.25, 0.3) is 0 Å². The van der Waals surface area contributed by atoms with Crippen LogP contribution in [0.2, 0.25) is 5.02 Å². The molecule has 2 atom stereocenters. The Kier molecular flexibility index (Phi) is 6.50. The molecule has 1 saturated heterocycles. The molecule has 2 N–H and O–H groups in total. The molecule has 27 heavy (non-hydrogen) atoms. The Morgan fingerprint density at radius 1 is 1.22 bits per heavy atom. The molecule has 0 spiro atoms. The number of rotatable bonds is 4. The third-order valence-electron chi connectivity index (χ3n) is 4.66. The van der Waals surface area contributed by atoms with E-state index in [1.807, 2.05) is 37.3 Å². The highest BCUT2D eigenvalue weighted by molar-refractivity contribution is 7.80. The van der Waals surface area contributed by atoms with Gasteiger partial charge in [-0.2, -0.15) is 4.98 Å². The van der Waals surface area contributed by atoms with Crippen LogP contribution in [0.5, 0.6) is 0 Å². The number of halogens is 1. The van der Waals surface area contributed by atoms with Crippen LogP contribution in [0.4, 0.5) is 11.8 Å². The maximum absolute atomic E-state index is 6.19. The molecule has 0 radical (unpaired) electrons. The Morgan fingerprint density at radius 2 is 1.93 bits per heavy atom. The van der Waals surface area contributed by atoms with Crippen LogP contribution < -0.4 is 15.5 Å². The van der Waals surface area contributed by atoms with Crippen LogP contribution in [0.1, 0.15) is 31.5 Å². The van der Waals surface area contributed by atoms with E-state index in [1.54, 1.807) is 0 Å². The number of piperidine rings is 1. The van der Waals surface area contributed by atoms with Crippen molar-refractivity contribution in [2.75, 3.05) is 23.3 Å². The van der Waals surface area contributed by atoms with Crippen LogP contribution in [-0.2, 0) is 6.54 Å². The minimum absolute atomic E-state index is 0.479. The van der Waals surface area contributed by atoms with Crippen molar-refractivity contribution >= 4 is 40.7 Å². The summed E-state index contributed by atoms with van der Waals surface area (Å²) in [4.78, 5) is 11.5. The molecule has 7 heteroatoms. The number of anilines is 2. The monoisotopic (exact) mass is 403 g/mol. The number of aromatic nitrogens is 2. The predicted octanol–water partition coefficient (Wildman–Crippen LogP) is 4.41. The molecule has 0 bridgehead atoms. The van der Waals surface area contributed by atoms with Gasteiger partial charge in [0.15, 0.2) is 5.11 Å². The summed E-state index contributed by atoms with van der Waals surface area (Å²) in [5.74, 6) is 2.81. The molecule has 2 heterocycles. The fraction of sp³-hybridized carbons (Fsp3) is 0.450. The van der Waals surface area contributed by atoms with Crippen LogP contribution in [0, 0.1) is 18.8 Å². The Balaban J connectivity index is 1.65.